The molecule has 0 saturated heterocycles. The number of anilines is 1. The second kappa shape index (κ2) is 8.12. The Kier molecular flexibility index (Phi) is 6.81. The summed E-state index contributed by atoms with van der Waals surface area (Å²) in [6, 6.07) is 5.64. The van der Waals surface area contributed by atoms with E-state index >= 15 is 0 Å². The Morgan fingerprint density at radius 2 is 2.11 bits per heavy atom. The number of hydrogen-bond acceptors (Lipinski definition) is 3. The number of rotatable bonds is 8. The average Bonchev–Trinajstić information content (AvgIpc) is 2.41. The highest BCUT2D eigenvalue weighted by molar-refractivity contribution is 5.49. The van der Waals surface area contributed by atoms with Crippen LogP contribution in [0.4, 0.5) is 10.1 Å². The molecule has 0 bridgehead atoms. The molecule has 19 heavy (non-hydrogen) atoms. The lowest BCUT2D eigenvalue weighted by Gasteiger charge is -2.24. The molecule has 0 aromatic heterocycles. The minimum atomic E-state index is -0.166. The fourth-order valence-corrected chi connectivity index (χ4v) is 2.12. The molecular weight excluding hydrogens is 243 g/mol. The molecule has 1 aromatic carbocycles. The number of nitrogens with one attached hydrogen (secondary N) is 1. The van der Waals surface area contributed by atoms with Crippen molar-refractivity contribution in [2.45, 2.75) is 26.8 Å². The Balaban J connectivity index is 2.85. The Hall–Kier alpha value is -1.13. The van der Waals surface area contributed by atoms with Gasteiger partial charge in [0.05, 0.1) is 12.3 Å². The Morgan fingerprint density at radius 1 is 1.37 bits per heavy atom. The summed E-state index contributed by atoms with van der Waals surface area (Å²) in [5.74, 6) is -0.166. The van der Waals surface area contributed by atoms with Gasteiger partial charge in [0, 0.05) is 26.2 Å². The highest BCUT2D eigenvalue weighted by atomic mass is 19.1. The van der Waals surface area contributed by atoms with Gasteiger partial charge in [0.15, 0.2) is 0 Å². The third-order valence-electron chi connectivity index (χ3n) is 3.27. The molecule has 0 radical (unpaired) electrons. The summed E-state index contributed by atoms with van der Waals surface area (Å²) in [6.45, 7) is 9.05. The first kappa shape index (κ1) is 15.9. The Bertz CT molecular complexity index is 384. The van der Waals surface area contributed by atoms with Crippen molar-refractivity contribution in [3.8, 4) is 0 Å². The van der Waals surface area contributed by atoms with Crippen molar-refractivity contribution in [3.05, 3.63) is 29.6 Å². The number of nitrogens with zero attached hydrogens (tertiary/aromatic N) is 1. The molecule has 0 aliphatic heterocycles. The van der Waals surface area contributed by atoms with Gasteiger partial charge in [-0.2, -0.15) is 0 Å². The topological polar surface area (TPSA) is 24.5 Å². The first-order valence-corrected chi connectivity index (χ1v) is 6.90. The Labute approximate surface area is 115 Å². The lowest BCUT2D eigenvalue weighted by molar-refractivity contribution is 0.205. The van der Waals surface area contributed by atoms with Crippen LogP contribution in [0.5, 0.6) is 0 Å². The van der Waals surface area contributed by atoms with Gasteiger partial charge in [-0.15, -0.1) is 0 Å². The summed E-state index contributed by atoms with van der Waals surface area (Å²) in [6.07, 6.45) is 0. The molecule has 0 heterocycles. The van der Waals surface area contributed by atoms with Gasteiger partial charge in [0.1, 0.15) is 5.82 Å². The van der Waals surface area contributed by atoms with Gasteiger partial charge in [-0.3, -0.25) is 0 Å². The molecule has 108 valence electrons. The largest absolute Gasteiger partial charge is 0.383 e. The van der Waals surface area contributed by atoms with Gasteiger partial charge in [-0.25, -0.2) is 4.39 Å². The minimum Gasteiger partial charge on any atom is -0.383 e. The fourth-order valence-electron chi connectivity index (χ4n) is 2.12. The zero-order valence-corrected chi connectivity index (χ0v) is 12.4. The number of likely N-dealkylation sites (N-methyl/N-ethyl adjacent to an activating group) is 1. The number of ether oxygens (including phenoxy) is 1. The highest BCUT2D eigenvalue weighted by Crippen LogP contribution is 2.23. The van der Waals surface area contributed by atoms with Crippen LogP contribution in [0.25, 0.3) is 0 Å². The molecule has 1 atom stereocenters. The maximum absolute atomic E-state index is 14.2. The lowest BCUT2D eigenvalue weighted by atomic mass is 10.1. The van der Waals surface area contributed by atoms with Gasteiger partial charge < -0.3 is 15.0 Å². The van der Waals surface area contributed by atoms with Crippen LogP contribution in [-0.2, 0) is 4.74 Å². The van der Waals surface area contributed by atoms with E-state index in [1.807, 2.05) is 37.8 Å². The molecule has 0 saturated carbocycles. The monoisotopic (exact) mass is 268 g/mol. The van der Waals surface area contributed by atoms with E-state index in [0.717, 1.165) is 18.7 Å². The van der Waals surface area contributed by atoms with Crippen molar-refractivity contribution in [1.82, 2.24) is 5.32 Å². The SMILES string of the molecule is CCNC(C)c1ccc(N(CC)CCOC)c(F)c1. The van der Waals surface area contributed by atoms with Crippen molar-refractivity contribution in [1.29, 1.82) is 0 Å². The van der Waals surface area contributed by atoms with E-state index in [-0.39, 0.29) is 11.9 Å². The van der Waals surface area contributed by atoms with E-state index in [1.54, 1.807) is 13.2 Å². The zero-order chi connectivity index (χ0) is 14.3. The predicted molar refractivity (Wildman–Crippen MR) is 78.3 cm³/mol. The highest BCUT2D eigenvalue weighted by Gasteiger charge is 2.12. The van der Waals surface area contributed by atoms with Crippen LogP contribution in [0, 0.1) is 5.82 Å². The summed E-state index contributed by atoms with van der Waals surface area (Å²) in [5, 5.41) is 3.29. The smallest absolute Gasteiger partial charge is 0.146 e. The second-order valence-corrected chi connectivity index (χ2v) is 4.56. The third kappa shape index (κ3) is 4.48. The number of methoxy groups -OCH3 is 1. The van der Waals surface area contributed by atoms with E-state index in [0.29, 0.717) is 18.8 Å². The minimum absolute atomic E-state index is 0.166. The van der Waals surface area contributed by atoms with Crippen LogP contribution in [0.1, 0.15) is 32.4 Å². The molecule has 4 heteroatoms. The summed E-state index contributed by atoms with van der Waals surface area (Å²) < 4.78 is 19.3. The average molecular weight is 268 g/mol. The summed E-state index contributed by atoms with van der Waals surface area (Å²) in [7, 11) is 1.66. The number of benzene rings is 1. The van der Waals surface area contributed by atoms with E-state index in [4.69, 9.17) is 4.74 Å². The standard InChI is InChI=1S/C15H25FN2O/c1-5-17-12(3)13-7-8-15(14(16)11-13)18(6-2)9-10-19-4/h7-8,11-12,17H,5-6,9-10H2,1-4H3. The second-order valence-electron chi connectivity index (χ2n) is 4.56. The zero-order valence-electron chi connectivity index (χ0n) is 12.4. The Morgan fingerprint density at radius 3 is 2.63 bits per heavy atom. The number of hydrogen-bond donors (Lipinski definition) is 1. The molecule has 0 amide bonds. The molecule has 1 aromatic rings. The van der Waals surface area contributed by atoms with Crippen molar-refractivity contribution >= 4 is 5.69 Å². The molecule has 0 aliphatic rings. The van der Waals surface area contributed by atoms with E-state index in [2.05, 4.69) is 5.32 Å². The van der Waals surface area contributed by atoms with Gasteiger partial charge in [0.2, 0.25) is 0 Å². The predicted octanol–water partition coefficient (Wildman–Crippen LogP) is 2.97. The molecule has 1 unspecified atom stereocenters. The van der Waals surface area contributed by atoms with Crippen molar-refractivity contribution < 1.29 is 9.13 Å². The van der Waals surface area contributed by atoms with Crippen LogP contribution in [-0.4, -0.2) is 33.4 Å². The van der Waals surface area contributed by atoms with E-state index in [1.165, 1.54) is 0 Å². The van der Waals surface area contributed by atoms with Crippen LogP contribution < -0.4 is 10.2 Å². The summed E-state index contributed by atoms with van der Waals surface area (Å²) in [4.78, 5) is 1.99. The lowest BCUT2D eigenvalue weighted by Crippen LogP contribution is -2.28. The van der Waals surface area contributed by atoms with E-state index in [9.17, 15) is 4.39 Å². The van der Waals surface area contributed by atoms with Gasteiger partial charge in [-0.1, -0.05) is 13.0 Å². The van der Waals surface area contributed by atoms with Crippen molar-refractivity contribution in [3.63, 3.8) is 0 Å². The van der Waals surface area contributed by atoms with Crippen LogP contribution in [0.15, 0.2) is 18.2 Å². The van der Waals surface area contributed by atoms with Gasteiger partial charge in [0.25, 0.3) is 0 Å². The first-order chi connectivity index (χ1) is 9.13. The van der Waals surface area contributed by atoms with Crippen molar-refractivity contribution in [2.75, 3.05) is 38.3 Å². The van der Waals surface area contributed by atoms with Gasteiger partial charge >= 0.3 is 0 Å². The van der Waals surface area contributed by atoms with Gasteiger partial charge in [-0.05, 0) is 38.1 Å². The normalized spacial score (nSPS) is 12.5. The molecule has 0 aliphatic carbocycles. The molecule has 0 fully saturated rings. The molecule has 1 rings (SSSR count). The van der Waals surface area contributed by atoms with Crippen LogP contribution in [0.3, 0.4) is 0 Å². The molecule has 0 spiro atoms. The number of halogens is 1. The maximum atomic E-state index is 14.2. The summed E-state index contributed by atoms with van der Waals surface area (Å²) in [5.41, 5.74) is 1.62. The van der Waals surface area contributed by atoms with E-state index < -0.39 is 0 Å². The summed E-state index contributed by atoms with van der Waals surface area (Å²) >= 11 is 0. The molecular formula is C15H25FN2O. The van der Waals surface area contributed by atoms with Crippen molar-refractivity contribution in [2.24, 2.45) is 0 Å². The van der Waals surface area contributed by atoms with Crippen LogP contribution in [0.2, 0.25) is 0 Å². The quantitative estimate of drug-likeness (QED) is 0.784. The molecule has 3 nitrogen and oxygen atoms in total. The fraction of sp³-hybridized carbons (Fsp3) is 0.600. The maximum Gasteiger partial charge on any atom is 0.146 e. The van der Waals surface area contributed by atoms with Crippen LogP contribution >= 0.6 is 0 Å². The molecule has 1 N–H and O–H groups in total. The first-order valence-electron chi connectivity index (χ1n) is 6.90. The third-order valence-corrected chi connectivity index (χ3v) is 3.27.